The van der Waals surface area contributed by atoms with Crippen molar-refractivity contribution in [3.05, 3.63) is 59.9 Å². The molecule has 1 N–H and O–H groups in total. The van der Waals surface area contributed by atoms with Crippen molar-refractivity contribution < 1.29 is 22.3 Å². The summed E-state index contributed by atoms with van der Waals surface area (Å²) in [6.07, 6.45) is 2.38. The Labute approximate surface area is 195 Å². The van der Waals surface area contributed by atoms with E-state index in [1.54, 1.807) is 36.4 Å². The van der Waals surface area contributed by atoms with Crippen LogP contribution in [0.15, 0.2) is 48.5 Å². The summed E-state index contributed by atoms with van der Waals surface area (Å²) in [6.45, 7) is 4.91. The molecule has 1 amide bonds. The van der Waals surface area contributed by atoms with E-state index in [4.69, 9.17) is 4.74 Å². The number of piperazine rings is 1. The van der Waals surface area contributed by atoms with E-state index in [0.29, 0.717) is 44.8 Å². The van der Waals surface area contributed by atoms with Crippen LogP contribution in [0.25, 0.3) is 0 Å². The molecule has 2 aromatic carbocycles. The van der Waals surface area contributed by atoms with Crippen LogP contribution in [-0.2, 0) is 10.0 Å². The lowest BCUT2D eigenvalue weighted by Crippen LogP contribution is -2.49. The number of benzene rings is 2. The first-order valence-corrected chi connectivity index (χ1v) is 13.0. The van der Waals surface area contributed by atoms with Gasteiger partial charge in [-0.15, -0.1) is 0 Å². The average molecular weight is 478 g/mol. The van der Waals surface area contributed by atoms with Crippen molar-refractivity contribution >= 4 is 21.6 Å². The Balaban J connectivity index is 1.38. The number of carbonyl (C=O) groups excluding carboxylic acids is 1. The lowest BCUT2D eigenvalue weighted by Gasteiger charge is -2.35. The molecule has 1 aliphatic rings. The highest BCUT2D eigenvalue weighted by Crippen LogP contribution is 2.18. The SMILES string of the molecule is CCCCOc1ccc(C(=O)NCCCS(=O)(=O)N2CCN(c3ccc(F)cc3)CC2)cc1. The molecule has 0 aliphatic carbocycles. The lowest BCUT2D eigenvalue weighted by molar-refractivity contribution is 0.0953. The minimum absolute atomic E-state index is 0.0198. The molecule has 2 aromatic rings. The summed E-state index contributed by atoms with van der Waals surface area (Å²) in [7, 11) is -3.40. The smallest absolute Gasteiger partial charge is 0.251 e. The number of hydrogen-bond donors (Lipinski definition) is 1. The van der Waals surface area contributed by atoms with Gasteiger partial charge < -0.3 is 15.0 Å². The van der Waals surface area contributed by atoms with Crippen LogP contribution in [0, 0.1) is 5.82 Å². The summed E-state index contributed by atoms with van der Waals surface area (Å²) in [6, 6.07) is 13.2. The Kier molecular flexibility index (Phi) is 9.08. The molecule has 3 rings (SSSR count). The van der Waals surface area contributed by atoms with Gasteiger partial charge in [-0.25, -0.2) is 12.8 Å². The van der Waals surface area contributed by atoms with Gasteiger partial charge in [0.05, 0.1) is 12.4 Å². The zero-order valence-electron chi connectivity index (χ0n) is 19.0. The normalized spacial score (nSPS) is 14.8. The van der Waals surface area contributed by atoms with Gasteiger partial charge in [0, 0.05) is 44.0 Å². The van der Waals surface area contributed by atoms with Crippen molar-refractivity contribution in [3.63, 3.8) is 0 Å². The van der Waals surface area contributed by atoms with Gasteiger partial charge >= 0.3 is 0 Å². The fraction of sp³-hybridized carbons (Fsp3) is 0.458. The molecule has 0 bridgehead atoms. The summed E-state index contributed by atoms with van der Waals surface area (Å²) >= 11 is 0. The number of carbonyl (C=O) groups is 1. The zero-order valence-corrected chi connectivity index (χ0v) is 19.8. The van der Waals surface area contributed by atoms with Gasteiger partial charge in [-0.05, 0) is 61.4 Å². The van der Waals surface area contributed by atoms with Crippen LogP contribution < -0.4 is 15.0 Å². The topological polar surface area (TPSA) is 78.9 Å². The van der Waals surface area contributed by atoms with Crippen LogP contribution in [0.5, 0.6) is 5.75 Å². The lowest BCUT2D eigenvalue weighted by atomic mass is 10.2. The second-order valence-corrected chi connectivity index (χ2v) is 10.1. The molecule has 0 radical (unpaired) electrons. The number of halogens is 1. The predicted molar refractivity (Wildman–Crippen MR) is 128 cm³/mol. The van der Waals surface area contributed by atoms with E-state index in [-0.39, 0.29) is 24.0 Å². The number of unbranched alkanes of at least 4 members (excludes halogenated alkanes) is 1. The van der Waals surface area contributed by atoms with Crippen LogP contribution in [-0.4, -0.2) is 63.7 Å². The van der Waals surface area contributed by atoms with Crippen LogP contribution in [0.2, 0.25) is 0 Å². The van der Waals surface area contributed by atoms with Gasteiger partial charge in [0.15, 0.2) is 0 Å². The van der Waals surface area contributed by atoms with Crippen LogP contribution >= 0.6 is 0 Å². The number of rotatable bonds is 11. The molecule has 0 saturated carbocycles. The molecule has 0 aromatic heterocycles. The molecule has 0 unspecified atom stereocenters. The number of nitrogens with zero attached hydrogens (tertiary/aromatic N) is 2. The van der Waals surface area contributed by atoms with Crippen LogP contribution in [0.1, 0.15) is 36.5 Å². The third-order valence-electron chi connectivity index (χ3n) is 5.57. The molecule has 180 valence electrons. The van der Waals surface area contributed by atoms with Gasteiger partial charge in [-0.3, -0.25) is 4.79 Å². The van der Waals surface area contributed by atoms with Crippen molar-refractivity contribution in [2.24, 2.45) is 0 Å². The highest BCUT2D eigenvalue weighted by atomic mass is 32.2. The number of amides is 1. The second-order valence-electron chi connectivity index (χ2n) is 8.01. The zero-order chi connectivity index (χ0) is 23.7. The Morgan fingerprint density at radius 1 is 1.00 bits per heavy atom. The Morgan fingerprint density at radius 2 is 1.67 bits per heavy atom. The van der Waals surface area contributed by atoms with Crippen molar-refractivity contribution in [1.29, 1.82) is 0 Å². The summed E-state index contributed by atoms with van der Waals surface area (Å²) in [5, 5.41) is 2.78. The maximum Gasteiger partial charge on any atom is 0.251 e. The number of hydrogen-bond acceptors (Lipinski definition) is 5. The van der Waals surface area contributed by atoms with Crippen LogP contribution in [0.4, 0.5) is 10.1 Å². The third kappa shape index (κ3) is 7.43. The second kappa shape index (κ2) is 12.0. The highest BCUT2D eigenvalue weighted by Gasteiger charge is 2.26. The van der Waals surface area contributed by atoms with E-state index in [0.717, 1.165) is 24.3 Å². The quantitative estimate of drug-likeness (QED) is 0.503. The molecule has 7 nitrogen and oxygen atoms in total. The Morgan fingerprint density at radius 3 is 2.30 bits per heavy atom. The van der Waals surface area contributed by atoms with Crippen molar-refractivity contribution in [1.82, 2.24) is 9.62 Å². The standard InChI is InChI=1S/C24H32FN3O4S/c1-2-3-18-32-23-11-5-20(6-12-23)24(29)26-13-4-19-33(30,31)28-16-14-27(15-17-28)22-9-7-21(25)8-10-22/h5-12H,2-4,13-19H2,1H3,(H,26,29). The fourth-order valence-electron chi connectivity index (χ4n) is 3.60. The molecule has 0 spiro atoms. The number of sulfonamides is 1. The molecule has 33 heavy (non-hydrogen) atoms. The molecular weight excluding hydrogens is 445 g/mol. The van der Waals surface area contributed by atoms with E-state index < -0.39 is 10.0 Å². The Bertz CT molecular complexity index is 989. The van der Waals surface area contributed by atoms with Gasteiger partial charge in [0.2, 0.25) is 10.0 Å². The molecule has 1 heterocycles. The number of ether oxygens (including phenoxy) is 1. The maximum absolute atomic E-state index is 13.1. The van der Waals surface area contributed by atoms with E-state index in [1.807, 2.05) is 4.90 Å². The molecular formula is C24H32FN3O4S. The van der Waals surface area contributed by atoms with Gasteiger partial charge in [0.1, 0.15) is 11.6 Å². The largest absolute Gasteiger partial charge is 0.494 e. The van der Waals surface area contributed by atoms with E-state index in [1.165, 1.54) is 16.4 Å². The van der Waals surface area contributed by atoms with Crippen molar-refractivity contribution in [2.45, 2.75) is 26.2 Å². The van der Waals surface area contributed by atoms with Gasteiger partial charge in [0.25, 0.3) is 5.91 Å². The minimum atomic E-state index is -3.40. The number of anilines is 1. The predicted octanol–water partition coefficient (Wildman–Crippen LogP) is 3.28. The van der Waals surface area contributed by atoms with Crippen molar-refractivity contribution in [2.75, 3.05) is 50.0 Å². The molecule has 1 fully saturated rings. The summed E-state index contributed by atoms with van der Waals surface area (Å²) in [4.78, 5) is 14.3. The summed E-state index contributed by atoms with van der Waals surface area (Å²) in [5.41, 5.74) is 1.40. The van der Waals surface area contributed by atoms with E-state index in [9.17, 15) is 17.6 Å². The fourth-order valence-corrected chi connectivity index (χ4v) is 5.09. The monoisotopic (exact) mass is 477 g/mol. The van der Waals surface area contributed by atoms with Gasteiger partial charge in [-0.2, -0.15) is 4.31 Å². The molecule has 1 saturated heterocycles. The molecule has 0 atom stereocenters. The summed E-state index contributed by atoms with van der Waals surface area (Å²) < 4.78 is 45.5. The van der Waals surface area contributed by atoms with Gasteiger partial charge in [-0.1, -0.05) is 13.3 Å². The molecule has 1 aliphatic heterocycles. The van der Waals surface area contributed by atoms with Crippen LogP contribution in [0.3, 0.4) is 0 Å². The number of nitrogens with one attached hydrogen (secondary N) is 1. The first-order chi connectivity index (χ1) is 15.9. The highest BCUT2D eigenvalue weighted by molar-refractivity contribution is 7.89. The van der Waals surface area contributed by atoms with E-state index >= 15 is 0 Å². The third-order valence-corrected chi connectivity index (χ3v) is 7.53. The minimum Gasteiger partial charge on any atom is -0.494 e. The summed E-state index contributed by atoms with van der Waals surface area (Å²) in [5.74, 6) is 0.181. The molecule has 9 heteroatoms. The Hall–Kier alpha value is -2.65. The maximum atomic E-state index is 13.1. The first kappa shape index (κ1) is 25.0. The first-order valence-electron chi connectivity index (χ1n) is 11.4. The van der Waals surface area contributed by atoms with Crippen molar-refractivity contribution in [3.8, 4) is 5.75 Å². The van der Waals surface area contributed by atoms with E-state index in [2.05, 4.69) is 12.2 Å². The average Bonchev–Trinajstić information content (AvgIpc) is 2.83.